The highest BCUT2D eigenvalue weighted by molar-refractivity contribution is 6.10. The summed E-state index contributed by atoms with van der Waals surface area (Å²) in [5.41, 5.74) is 0.145. The molecule has 0 aliphatic heterocycles. The smallest absolute Gasteiger partial charge is 0.280 e. The van der Waals surface area contributed by atoms with E-state index in [4.69, 9.17) is 0 Å². The van der Waals surface area contributed by atoms with E-state index in [1.807, 2.05) is 6.07 Å². The molecule has 0 aliphatic rings. The van der Waals surface area contributed by atoms with E-state index in [0.29, 0.717) is 22.9 Å². The lowest BCUT2D eigenvalue weighted by molar-refractivity contribution is 0.102. The Morgan fingerprint density at radius 3 is 2.06 bits per heavy atom. The summed E-state index contributed by atoms with van der Waals surface area (Å²) in [7, 11) is 1.39. The number of rotatable bonds is 4. The summed E-state index contributed by atoms with van der Waals surface area (Å²) in [6.45, 7) is 0. The third kappa shape index (κ3) is 3.78. The van der Waals surface area contributed by atoms with Gasteiger partial charge in [0.25, 0.3) is 11.5 Å². The number of aromatic nitrogens is 2. The molecule has 3 aromatic carbocycles. The van der Waals surface area contributed by atoms with Crippen LogP contribution in [0.1, 0.15) is 10.4 Å². The molecule has 0 saturated carbocycles. The van der Waals surface area contributed by atoms with Gasteiger partial charge in [-0.3, -0.25) is 9.59 Å². The van der Waals surface area contributed by atoms with Crippen LogP contribution in [-0.4, -0.2) is 15.7 Å². The van der Waals surface area contributed by atoms with Crippen LogP contribution in [0.25, 0.3) is 22.4 Å². The predicted molar refractivity (Wildman–Crippen MR) is 115 cm³/mol. The van der Waals surface area contributed by atoms with E-state index in [9.17, 15) is 22.8 Å². The van der Waals surface area contributed by atoms with E-state index in [-0.39, 0.29) is 11.1 Å². The van der Waals surface area contributed by atoms with Gasteiger partial charge in [-0.05, 0) is 17.7 Å². The Balaban J connectivity index is 1.95. The van der Waals surface area contributed by atoms with Crippen molar-refractivity contribution < 1.29 is 18.0 Å². The van der Waals surface area contributed by atoms with E-state index < -0.39 is 34.6 Å². The molecule has 0 bridgehead atoms. The quantitative estimate of drug-likeness (QED) is 0.469. The Morgan fingerprint density at radius 2 is 1.44 bits per heavy atom. The third-order valence-electron chi connectivity index (χ3n) is 4.86. The third-order valence-corrected chi connectivity index (χ3v) is 4.86. The van der Waals surface area contributed by atoms with Crippen LogP contribution < -0.4 is 10.9 Å². The Morgan fingerprint density at radius 1 is 0.844 bits per heavy atom. The van der Waals surface area contributed by atoms with Crippen molar-refractivity contribution in [3.63, 3.8) is 0 Å². The van der Waals surface area contributed by atoms with Gasteiger partial charge >= 0.3 is 0 Å². The lowest BCUT2D eigenvalue weighted by Crippen LogP contribution is -2.31. The zero-order valence-corrected chi connectivity index (χ0v) is 16.8. The Kier molecular flexibility index (Phi) is 5.59. The van der Waals surface area contributed by atoms with Crippen LogP contribution in [0.15, 0.2) is 77.6 Å². The summed E-state index contributed by atoms with van der Waals surface area (Å²) in [4.78, 5) is 26.2. The highest BCUT2D eigenvalue weighted by atomic mass is 19.2. The predicted octanol–water partition coefficient (Wildman–Crippen LogP) is 4.78. The number of hydrogen-bond donors (Lipinski definition) is 1. The molecule has 32 heavy (non-hydrogen) atoms. The molecule has 1 aromatic heterocycles. The minimum absolute atomic E-state index is 0.236. The summed E-state index contributed by atoms with van der Waals surface area (Å²) in [5, 5.41) is 6.54. The molecule has 4 aromatic rings. The van der Waals surface area contributed by atoms with Crippen LogP contribution in [0.3, 0.4) is 0 Å². The first-order valence-electron chi connectivity index (χ1n) is 9.55. The van der Waals surface area contributed by atoms with E-state index in [0.717, 1.165) is 10.7 Å². The lowest BCUT2D eigenvalue weighted by atomic mass is 9.95. The molecule has 0 saturated heterocycles. The molecule has 1 amide bonds. The fourth-order valence-electron chi connectivity index (χ4n) is 3.33. The molecule has 8 heteroatoms. The van der Waals surface area contributed by atoms with Crippen molar-refractivity contribution in [1.29, 1.82) is 0 Å². The zero-order valence-electron chi connectivity index (χ0n) is 16.8. The molecule has 0 spiro atoms. The van der Waals surface area contributed by atoms with Gasteiger partial charge in [0.15, 0.2) is 17.5 Å². The van der Waals surface area contributed by atoms with E-state index in [1.54, 1.807) is 54.6 Å². The van der Waals surface area contributed by atoms with Crippen LogP contribution in [0, 0.1) is 17.5 Å². The molecule has 0 fully saturated rings. The summed E-state index contributed by atoms with van der Waals surface area (Å²) < 4.78 is 42.1. The largest absolute Gasteiger partial charge is 0.319 e. The number of carbonyl (C=O) groups is 1. The fourth-order valence-corrected chi connectivity index (χ4v) is 3.33. The number of nitrogens with one attached hydrogen (secondary N) is 1. The Bertz CT molecular complexity index is 1370. The van der Waals surface area contributed by atoms with Gasteiger partial charge in [-0.15, -0.1) is 0 Å². The molecule has 1 heterocycles. The highest BCUT2D eigenvalue weighted by Gasteiger charge is 2.25. The molecule has 160 valence electrons. The van der Waals surface area contributed by atoms with Gasteiger partial charge in [-0.2, -0.15) is 5.10 Å². The number of amides is 1. The summed E-state index contributed by atoms with van der Waals surface area (Å²) >= 11 is 0. The zero-order chi connectivity index (χ0) is 22.8. The first-order chi connectivity index (χ1) is 15.4. The number of hydrogen-bond acceptors (Lipinski definition) is 3. The number of aryl methyl sites for hydroxylation is 1. The van der Waals surface area contributed by atoms with Crippen molar-refractivity contribution in [1.82, 2.24) is 9.78 Å². The number of carbonyl (C=O) groups excluding carboxylic acids is 1. The maximum atomic E-state index is 14.2. The van der Waals surface area contributed by atoms with Crippen LogP contribution in [0.5, 0.6) is 0 Å². The molecule has 1 N–H and O–H groups in total. The highest BCUT2D eigenvalue weighted by Crippen LogP contribution is 2.32. The van der Waals surface area contributed by atoms with Gasteiger partial charge in [0.2, 0.25) is 0 Å². The van der Waals surface area contributed by atoms with Crippen molar-refractivity contribution in [2.24, 2.45) is 7.05 Å². The number of benzene rings is 3. The van der Waals surface area contributed by atoms with E-state index in [1.165, 1.54) is 7.05 Å². The standard InChI is InChI=1S/C24H16F3N3O2/c1-30-24(32)19(23(31)28-17-13-12-16(25)20(26)21(17)27)18(14-8-4-2-5-9-14)22(29-30)15-10-6-3-7-11-15/h2-13H,1H3,(H,28,31). The first kappa shape index (κ1) is 21.0. The molecule has 0 unspecified atom stereocenters. The molecular formula is C24H16F3N3O2. The van der Waals surface area contributed by atoms with Crippen LogP contribution in [-0.2, 0) is 7.05 Å². The number of nitrogens with zero attached hydrogens (tertiary/aromatic N) is 2. The monoisotopic (exact) mass is 435 g/mol. The van der Waals surface area contributed by atoms with Crippen molar-refractivity contribution in [3.8, 4) is 22.4 Å². The van der Waals surface area contributed by atoms with E-state index >= 15 is 0 Å². The van der Waals surface area contributed by atoms with Crippen molar-refractivity contribution >= 4 is 11.6 Å². The summed E-state index contributed by atoms with van der Waals surface area (Å²) in [5.74, 6) is -5.65. The minimum Gasteiger partial charge on any atom is -0.319 e. The van der Waals surface area contributed by atoms with Gasteiger partial charge in [-0.25, -0.2) is 17.9 Å². The summed E-state index contributed by atoms with van der Waals surface area (Å²) in [6.07, 6.45) is 0. The number of anilines is 1. The van der Waals surface area contributed by atoms with Crippen molar-refractivity contribution in [3.05, 3.63) is 106 Å². The topological polar surface area (TPSA) is 64.0 Å². The van der Waals surface area contributed by atoms with Gasteiger partial charge in [0, 0.05) is 18.2 Å². The average molecular weight is 435 g/mol. The lowest BCUT2D eigenvalue weighted by Gasteiger charge is -2.16. The number of halogens is 3. The molecule has 0 radical (unpaired) electrons. The van der Waals surface area contributed by atoms with Gasteiger partial charge < -0.3 is 5.32 Å². The van der Waals surface area contributed by atoms with Crippen LogP contribution in [0.2, 0.25) is 0 Å². The molecule has 5 nitrogen and oxygen atoms in total. The normalized spacial score (nSPS) is 10.8. The fraction of sp³-hybridized carbons (Fsp3) is 0.0417. The minimum atomic E-state index is -1.72. The second-order valence-electron chi connectivity index (χ2n) is 6.94. The molecular weight excluding hydrogens is 419 g/mol. The maximum Gasteiger partial charge on any atom is 0.280 e. The summed E-state index contributed by atoms with van der Waals surface area (Å²) in [6, 6.07) is 19.2. The van der Waals surface area contributed by atoms with Gasteiger partial charge in [-0.1, -0.05) is 60.7 Å². The molecule has 0 aliphatic carbocycles. The first-order valence-corrected chi connectivity index (χ1v) is 9.55. The second kappa shape index (κ2) is 8.50. The van der Waals surface area contributed by atoms with Crippen LogP contribution >= 0.6 is 0 Å². The van der Waals surface area contributed by atoms with Crippen LogP contribution in [0.4, 0.5) is 18.9 Å². The Hall–Kier alpha value is -4.20. The van der Waals surface area contributed by atoms with E-state index in [2.05, 4.69) is 10.4 Å². The average Bonchev–Trinajstić information content (AvgIpc) is 2.81. The molecule has 0 atom stereocenters. The second-order valence-corrected chi connectivity index (χ2v) is 6.94. The molecule has 4 rings (SSSR count). The van der Waals surface area contributed by atoms with Crippen molar-refractivity contribution in [2.75, 3.05) is 5.32 Å². The van der Waals surface area contributed by atoms with Gasteiger partial charge in [0.1, 0.15) is 5.56 Å². The Labute approximate surface area is 180 Å². The van der Waals surface area contributed by atoms with Gasteiger partial charge in [0.05, 0.1) is 11.4 Å². The maximum absolute atomic E-state index is 14.2. The SMILES string of the molecule is Cn1nc(-c2ccccc2)c(-c2ccccc2)c(C(=O)Nc2ccc(F)c(F)c2F)c1=O. The van der Waals surface area contributed by atoms with Crippen molar-refractivity contribution in [2.45, 2.75) is 0 Å².